The molecule has 1 heterocycles. The van der Waals surface area contributed by atoms with E-state index >= 15 is 0 Å². The number of para-hydroxylation sites is 1. The van der Waals surface area contributed by atoms with Gasteiger partial charge in [-0.05, 0) is 36.2 Å². The van der Waals surface area contributed by atoms with E-state index < -0.39 is 15.7 Å². The molecule has 0 aliphatic heterocycles. The van der Waals surface area contributed by atoms with Gasteiger partial charge in [0.25, 0.3) is 5.91 Å². The molecule has 0 radical (unpaired) electrons. The lowest BCUT2D eigenvalue weighted by Crippen LogP contribution is -2.15. The number of amides is 1. The molecule has 1 amide bonds. The molecule has 0 saturated heterocycles. The fourth-order valence-corrected chi connectivity index (χ4v) is 4.27. The molecule has 164 valence electrons. The fourth-order valence-electron chi connectivity index (χ4n) is 3.45. The Bertz CT molecular complexity index is 1370. The minimum absolute atomic E-state index is 0.0220. The molecular weight excluding hydrogens is 426 g/mol. The number of furan rings is 1. The molecule has 6 nitrogen and oxygen atoms in total. The monoisotopic (exact) mass is 449 g/mol. The van der Waals surface area contributed by atoms with Gasteiger partial charge in [-0.2, -0.15) is 0 Å². The first-order chi connectivity index (χ1) is 15.3. The number of ether oxygens (including phenoxy) is 1. The third kappa shape index (κ3) is 5.00. The zero-order valence-corrected chi connectivity index (χ0v) is 18.6. The number of benzene rings is 3. The van der Waals surface area contributed by atoms with Crippen LogP contribution in [0, 0.1) is 6.92 Å². The average Bonchev–Trinajstić information content (AvgIpc) is 3.11. The van der Waals surface area contributed by atoms with Crippen LogP contribution in [0.1, 0.15) is 27.2 Å². The van der Waals surface area contributed by atoms with E-state index in [0.29, 0.717) is 34.6 Å². The maximum atomic E-state index is 13.1. The van der Waals surface area contributed by atoms with Crippen molar-refractivity contribution >= 4 is 32.4 Å². The Labute approximate surface area is 186 Å². The molecule has 3 aromatic carbocycles. The maximum Gasteiger partial charge on any atom is 0.291 e. The third-order valence-electron chi connectivity index (χ3n) is 4.93. The van der Waals surface area contributed by atoms with Crippen molar-refractivity contribution in [1.29, 1.82) is 0 Å². The second kappa shape index (κ2) is 8.88. The topological polar surface area (TPSA) is 85.6 Å². The van der Waals surface area contributed by atoms with Crippen molar-refractivity contribution in [2.45, 2.75) is 19.3 Å². The highest BCUT2D eigenvalue weighted by Gasteiger charge is 2.24. The summed E-state index contributed by atoms with van der Waals surface area (Å²) in [5.74, 6) is -0.333. The Morgan fingerprint density at radius 2 is 1.72 bits per heavy atom. The summed E-state index contributed by atoms with van der Waals surface area (Å²) < 4.78 is 35.7. The summed E-state index contributed by atoms with van der Waals surface area (Å²) in [6, 6.07) is 22.2. The van der Waals surface area contributed by atoms with Crippen LogP contribution in [-0.4, -0.2) is 20.6 Å². The first-order valence-electron chi connectivity index (χ1n) is 10.1. The predicted molar refractivity (Wildman–Crippen MR) is 125 cm³/mol. The number of carbonyl (C=O) groups excluding carboxylic acids is 1. The van der Waals surface area contributed by atoms with E-state index in [9.17, 15) is 13.2 Å². The van der Waals surface area contributed by atoms with E-state index in [2.05, 4.69) is 5.32 Å². The van der Waals surface area contributed by atoms with Crippen LogP contribution in [0.4, 0.5) is 5.69 Å². The molecule has 4 aromatic rings. The van der Waals surface area contributed by atoms with Crippen LogP contribution < -0.4 is 10.1 Å². The number of anilines is 1. The van der Waals surface area contributed by atoms with Gasteiger partial charge in [-0.15, -0.1) is 0 Å². The number of fused-ring (bicyclic) bond motifs is 1. The molecule has 0 fully saturated rings. The van der Waals surface area contributed by atoms with Gasteiger partial charge in [0.2, 0.25) is 0 Å². The summed E-state index contributed by atoms with van der Waals surface area (Å²) in [5.41, 5.74) is 3.26. The van der Waals surface area contributed by atoms with E-state index in [1.807, 2.05) is 49.4 Å². The van der Waals surface area contributed by atoms with E-state index in [1.165, 1.54) is 0 Å². The molecule has 0 unspecified atom stereocenters. The highest BCUT2D eigenvalue weighted by atomic mass is 32.2. The molecule has 0 saturated carbocycles. The van der Waals surface area contributed by atoms with Crippen LogP contribution in [0.15, 0.2) is 77.2 Å². The fraction of sp³-hybridized carbons (Fsp3) is 0.160. The predicted octanol–water partition coefficient (Wildman–Crippen LogP) is 5.12. The van der Waals surface area contributed by atoms with Gasteiger partial charge < -0.3 is 14.5 Å². The molecule has 1 aromatic heterocycles. The Kier molecular flexibility index (Phi) is 6.01. The minimum atomic E-state index is -3.39. The van der Waals surface area contributed by atoms with Gasteiger partial charge in [0, 0.05) is 17.2 Å². The maximum absolute atomic E-state index is 13.1. The first kappa shape index (κ1) is 21.6. The summed E-state index contributed by atoms with van der Waals surface area (Å²) in [5, 5.41) is 3.43. The molecule has 7 heteroatoms. The number of hydrogen-bond acceptors (Lipinski definition) is 5. The quantitative estimate of drug-likeness (QED) is 0.423. The molecule has 0 aliphatic carbocycles. The lowest BCUT2D eigenvalue weighted by atomic mass is 10.1. The van der Waals surface area contributed by atoms with Crippen molar-refractivity contribution in [3.63, 3.8) is 0 Å². The number of nitrogens with one attached hydrogen (secondary N) is 1. The second-order valence-electron chi connectivity index (χ2n) is 7.70. The van der Waals surface area contributed by atoms with Gasteiger partial charge in [0.05, 0.1) is 11.4 Å². The van der Waals surface area contributed by atoms with Gasteiger partial charge in [0.15, 0.2) is 15.6 Å². The van der Waals surface area contributed by atoms with Gasteiger partial charge in [0.1, 0.15) is 17.9 Å². The Morgan fingerprint density at radius 3 is 2.47 bits per heavy atom. The van der Waals surface area contributed by atoms with Gasteiger partial charge in [-0.25, -0.2) is 8.42 Å². The van der Waals surface area contributed by atoms with E-state index in [4.69, 9.17) is 9.15 Å². The van der Waals surface area contributed by atoms with Crippen molar-refractivity contribution in [2.75, 3.05) is 11.6 Å². The summed E-state index contributed by atoms with van der Waals surface area (Å²) in [7, 11) is -3.39. The van der Waals surface area contributed by atoms with E-state index in [-0.39, 0.29) is 11.5 Å². The van der Waals surface area contributed by atoms with Gasteiger partial charge in [-0.1, -0.05) is 54.6 Å². The van der Waals surface area contributed by atoms with Gasteiger partial charge in [-0.3, -0.25) is 4.79 Å². The molecule has 32 heavy (non-hydrogen) atoms. The highest BCUT2D eigenvalue weighted by molar-refractivity contribution is 7.89. The number of aryl methyl sites for hydroxylation is 1. The second-order valence-corrected chi connectivity index (χ2v) is 9.84. The lowest BCUT2D eigenvalue weighted by molar-refractivity contribution is 0.0997. The SMILES string of the molecule is Cc1ccc(NC(=O)c2oc3ccccc3c2CS(C)(=O)=O)c(OCc2ccccc2)c1. The number of carbonyl (C=O) groups is 1. The minimum Gasteiger partial charge on any atom is -0.487 e. The lowest BCUT2D eigenvalue weighted by Gasteiger charge is -2.13. The normalized spacial score (nSPS) is 11.4. The first-order valence-corrected chi connectivity index (χ1v) is 12.1. The Hall–Kier alpha value is -3.58. The summed E-state index contributed by atoms with van der Waals surface area (Å²) in [6.07, 6.45) is 1.13. The molecule has 0 atom stereocenters. The molecule has 1 N–H and O–H groups in total. The van der Waals surface area contributed by atoms with Crippen LogP contribution in [0.5, 0.6) is 5.75 Å². The van der Waals surface area contributed by atoms with Crippen molar-refractivity contribution in [3.8, 4) is 5.75 Å². The van der Waals surface area contributed by atoms with Crippen molar-refractivity contribution in [1.82, 2.24) is 0 Å². The van der Waals surface area contributed by atoms with Crippen LogP contribution >= 0.6 is 0 Å². The van der Waals surface area contributed by atoms with Crippen molar-refractivity contribution < 1.29 is 22.4 Å². The standard InChI is InChI=1S/C25H23NO5S/c1-17-12-13-21(23(14-17)30-15-18-8-4-3-5-9-18)26-25(27)24-20(16-32(2,28)29)19-10-6-7-11-22(19)31-24/h3-14H,15-16H2,1-2H3,(H,26,27). The molecule has 0 spiro atoms. The highest BCUT2D eigenvalue weighted by Crippen LogP contribution is 2.31. The van der Waals surface area contributed by atoms with E-state index in [1.54, 1.807) is 30.3 Å². The zero-order valence-electron chi connectivity index (χ0n) is 17.8. The van der Waals surface area contributed by atoms with Crippen LogP contribution in [-0.2, 0) is 22.2 Å². The Balaban J connectivity index is 1.64. The molecule has 0 aliphatic rings. The average molecular weight is 450 g/mol. The van der Waals surface area contributed by atoms with Crippen LogP contribution in [0.3, 0.4) is 0 Å². The smallest absolute Gasteiger partial charge is 0.291 e. The summed E-state index contributed by atoms with van der Waals surface area (Å²) in [6.45, 7) is 2.28. The zero-order chi connectivity index (χ0) is 22.7. The Morgan fingerprint density at radius 1 is 1.00 bits per heavy atom. The van der Waals surface area contributed by atoms with Crippen LogP contribution in [0.2, 0.25) is 0 Å². The van der Waals surface area contributed by atoms with Crippen molar-refractivity contribution in [2.24, 2.45) is 0 Å². The summed E-state index contributed by atoms with van der Waals surface area (Å²) in [4.78, 5) is 13.1. The van der Waals surface area contributed by atoms with Crippen molar-refractivity contribution in [3.05, 3.63) is 95.2 Å². The number of rotatable bonds is 7. The summed E-state index contributed by atoms with van der Waals surface area (Å²) >= 11 is 0. The molecule has 0 bridgehead atoms. The molecular formula is C25H23NO5S. The number of sulfone groups is 1. The third-order valence-corrected chi connectivity index (χ3v) is 5.75. The molecule has 4 rings (SSSR count). The number of hydrogen-bond donors (Lipinski definition) is 1. The van der Waals surface area contributed by atoms with Gasteiger partial charge >= 0.3 is 0 Å². The van der Waals surface area contributed by atoms with Crippen LogP contribution in [0.25, 0.3) is 11.0 Å². The van der Waals surface area contributed by atoms with E-state index in [0.717, 1.165) is 17.4 Å². The largest absolute Gasteiger partial charge is 0.487 e.